The van der Waals surface area contributed by atoms with Crippen molar-refractivity contribution in [2.45, 2.75) is 25.5 Å². The second-order valence-electron chi connectivity index (χ2n) is 5.10. The van der Waals surface area contributed by atoms with E-state index >= 15 is 0 Å². The van der Waals surface area contributed by atoms with E-state index in [4.69, 9.17) is 0 Å². The minimum absolute atomic E-state index is 0.0818. The fraction of sp³-hybridized carbons (Fsp3) is 0.500. The molecule has 0 radical (unpaired) electrons. The Labute approximate surface area is 110 Å². The van der Waals surface area contributed by atoms with Crippen molar-refractivity contribution in [2.75, 3.05) is 17.6 Å². The van der Waals surface area contributed by atoms with Gasteiger partial charge in [-0.3, -0.25) is 0 Å². The quantitative estimate of drug-likeness (QED) is 0.869. The van der Waals surface area contributed by atoms with Gasteiger partial charge in [0.1, 0.15) is 5.82 Å². The van der Waals surface area contributed by atoms with Crippen molar-refractivity contribution in [1.82, 2.24) is 0 Å². The number of sulfone groups is 1. The first-order chi connectivity index (χ1) is 8.54. The molecule has 7 heteroatoms. The van der Waals surface area contributed by atoms with Crippen LogP contribution in [0.2, 0.25) is 0 Å². The zero-order valence-electron chi connectivity index (χ0n) is 10.9. The molecule has 1 N–H and O–H groups in total. The van der Waals surface area contributed by atoms with Gasteiger partial charge in [0.2, 0.25) is 0 Å². The Balaban J connectivity index is 2.72. The maximum Gasteiger partial charge on any atom is 0.161 e. The van der Waals surface area contributed by atoms with Crippen LogP contribution in [0.4, 0.5) is 18.9 Å². The molecule has 1 rings (SSSR count). The van der Waals surface area contributed by atoms with Gasteiger partial charge in [-0.05, 0) is 20.8 Å². The first kappa shape index (κ1) is 15.8. The average Bonchev–Trinajstić information content (AvgIpc) is 2.23. The lowest BCUT2D eigenvalue weighted by Gasteiger charge is -2.19. The van der Waals surface area contributed by atoms with E-state index in [1.54, 1.807) is 20.8 Å². The van der Waals surface area contributed by atoms with Gasteiger partial charge in [-0.25, -0.2) is 21.6 Å². The molecule has 0 heterocycles. The smallest absolute Gasteiger partial charge is 0.161 e. The summed E-state index contributed by atoms with van der Waals surface area (Å²) < 4.78 is 61.5. The number of benzene rings is 1. The van der Waals surface area contributed by atoms with Gasteiger partial charge in [0.25, 0.3) is 0 Å². The van der Waals surface area contributed by atoms with Gasteiger partial charge in [0.05, 0.1) is 16.2 Å². The third-order valence-corrected chi connectivity index (χ3v) is 5.24. The molecule has 0 aliphatic carbocycles. The largest absolute Gasteiger partial charge is 0.382 e. The van der Waals surface area contributed by atoms with Crippen LogP contribution in [0, 0.1) is 17.5 Å². The fourth-order valence-electron chi connectivity index (χ4n) is 1.28. The van der Waals surface area contributed by atoms with E-state index in [0.29, 0.717) is 12.1 Å². The van der Waals surface area contributed by atoms with Crippen molar-refractivity contribution in [2.24, 2.45) is 0 Å². The van der Waals surface area contributed by atoms with Crippen LogP contribution in [0.3, 0.4) is 0 Å². The number of hydrogen-bond donors (Lipinski definition) is 1. The van der Waals surface area contributed by atoms with E-state index in [1.165, 1.54) is 0 Å². The van der Waals surface area contributed by atoms with Gasteiger partial charge in [0.15, 0.2) is 21.5 Å². The number of anilines is 1. The Morgan fingerprint density at radius 1 is 1.05 bits per heavy atom. The molecule has 0 fully saturated rings. The Bertz CT molecular complexity index is 565. The van der Waals surface area contributed by atoms with Crippen molar-refractivity contribution >= 4 is 15.5 Å². The molecule has 0 unspecified atom stereocenters. The molecular formula is C12H16F3NO2S. The highest BCUT2D eigenvalue weighted by molar-refractivity contribution is 7.92. The Hall–Kier alpha value is -1.24. The molecule has 0 spiro atoms. The van der Waals surface area contributed by atoms with Gasteiger partial charge in [-0.1, -0.05) is 0 Å². The molecule has 3 nitrogen and oxygen atoms in total. The standard InChI is InChI=1S/C12H16F3NO2S/c1-12(2,3)19(17,18)5-4-16-11-7-9(14)8(13)6-10(11)15/h6-7,16H,4-5H2,1-3H3. The summed E-state index contributed by atoms with van der Waals surface area (Å²) in [4.78, 5) is 0. The number of hydrogen-bond acceptors (Lipinski definition) is 3. The predicted molar refractivity (Wildman–Crippen MR) is 68.3 cm³/mol. The van der Waals surface area contributed by atoms with Gasteiger partial charge in [-0.15, -0.1) is 0 Å². The van der Waals surface area contributed by atoms with E-state index < -0.39 is 32.0 Å². The van der Waals surface area contributed by atoms with Crippen LogP contribution >= 0.6 is 0 Å². The van der Waals surface area contributed by atoms with E-state index in [2.05, 4.69) is 5.32 Å². The molecule has 0 saturated heterocycles. The zero-order chi connectivity index (χ0) is 14.8. The molecule has 0 aliphatic heterocycles. The zero-order valence-corrected chi connectivity index (χ0v) is 11.7. The van der Waals surface area contributed by atoms with Gasteiger partial charge in [-0.2, -0.15) is 0 Å². The summed E-state index contributed by atoms with van der Waals surface area (Å²) in [7, 11) is -3.35. The number of halogens is 3. The lowest BCUT2D eigenvalue weighted by atomic mass is 10.3. The maximum atomic E-state index is 13.3. The van der Waals surface area contributed by atoms with Crippen molar-refractivity contribution < 1.29 is 21.6 Å². The summed E-state index contributed by atoms with van der Waals surface area (Å²) in [6.45, 7) is 4.59. The van der Waals surface area contributed by atoms with Crippen LogP contribution in [0.5, 0.6) is 0 Å². The molecule has 19 heavy (non-hydrogen) atoms. The molecule has 0 atom stereocenters. The topological polar surface area (TPSA) is 46.2 Å². The molecule has 0 bridgehead atoms. The molecule has 0 aromatic heterocycles. The predicted octanol–water partition coefficient (Wildman–Crippen LogP) is 2.73. The Morgan fingerprint density at radius 3 is 2.11 bits per heavy atom. The molecule has 1 aromatic carbocycles. The van der Waals surface area contributed by atoms with Crippen molar-refractivity contribution in [3.63, 3.8) is 0 Å². The monoisotopic (exact) mass is 295 g/mol. The summed E-state index contributed by atoms with van der Waals surface area (Å²) in [6, 6.07) is 1.07. The van der Waals surface area contributed by atoms with Gasteiger partial charge in [0, 0.05) is 18.7 Å². The molecule has 0 amide bonds. The molecule has 0 aliphatic rings. The van der Waals surface area contributed by atoms with Gasteiger partial charge >= 0.3 is 0 Å². The van der Waals surface area contributed by atoms with Crippen LogP contribution in [0.1, 0.15) is 20.8 Å². The second-order valence-corrected chi connectivity index (χ2v) is 7.97. The van der Waals surface area contributed by atoms with Crippen molar-refractivity contribution in [3.8, 4) is 0 Å². The third kappa shape index (κ3) is 3.86. The fourth-order valence-corrected chi connectivity index (χ4v) is 2.27. The second kappa shape index (κ2) is 5.40. The van der Waals surface area contributed by atoms with Crippen LogP contribution in [0.15, 0.2) is 12.1 Å². The van der Waals surface area contributed by atoms with Crippen LogP contribution in [-0.4, -0.2) is 25.5 Å². The molecular weight excluding hydrogens is 279 g/mol. The SMILES string of the molecule is CC(C)(C)S(=O)(=O)CCNc1cc(F)c(F)cc1F. The third-order valence-electron chi connectivity index (χ3n) is 2.63. The highest BCUT2D eigenvalue weighted by Gasteiger charge is 2.28. The summed E-state index contributed by atoms with van der Waals surface area (Å²) in [6.07, 6.45) is 0. The minimum atomic E-state index is -3.35. The van der Waals surface area contributed by atoms with Crippen LogP contribution < -0.4 is 5.32 Å². The van der Waals surface area contributed by atoms with Crippen LogP contribution in [-0.2, 0) is 9.84 Å². The van der Waals surface area contributed by atoms with E-state index in [-0.39, 0.29) is 18.0 Å². The van der Waals surface area contributed by atoms with Gasteiger partial charge < -0.3 is 5.32 Å². The van der Waals surface area contributed by atoms with E-state index in [1.807, 2.05) is 0 Å². The summed E-state index contributed by atoms with van der Waals surface area (Å²) in [5.74, 6) is -3.67. The molecule has 108 valence electrons. The Morgan fingerprint density at radius 2 is 1.58 bits per heavy atom. The summed E-state index contributed by atoms with van der Waals surface area (Å²) in [5, 5.41) is 2.45. The highest BCUT2D eigenvalue weighted by atomic mass is 32.2. The van der Waals surface area contributed by atoms with Crippen molar-refractivity contribution in [3.05, 3.63) is 29.6 Å². The van der Waals surface area contributed by atoms with E-state index in [9.17, 15) is 21.6 Å². The normalized spacial score (nSPS) is 12.5. The molecule has 0 saturated carbocycles. The lowest BCUT2D eigenvalue weighted by molar-refractivity contribution is 0.496. The van der Waals surface area contributed by atoms with Crippen LogP contribution in [0.25, 0.3) is 0 Å². The number of nitrogens with one attached hydrogen (secondary N) is 1. The summed E-state index contributed by atoms with van der Waals surface area (Å²) in [5.41, 5.74) is -0.261. The highest BCUT2D eigenvalue weighted by Crippen LogP contribution is 2.19. The number of rotatable bonds is 4. The lowest BCUT2D eigenvalue weighted by Crippen LogP contribution is -2.33. The Kier molecular flexibility index (Phi) is 4.50. The maximum absolute atomic E-state index is 13.3. The first-order valence-electron chi connectivity index (χ1n) is 5.65. The minimum Gasteiger partial charge on any atom is -0.382 e. The first-order valence-corrected chi connectivity index (χ1v) is 7.30. The average molecular weight is 295 g/mol. The summed E-state index contributed by atoms with van der Waals surface area (Å²) >= 11 is 0. The van der Waals surface area contributed by atoms with E-state index in [0.717, 1.165) is 0 Å². The molecule has 1 aromatic rings. The van der Waals surface area contributed by atoms with Crippen molar-refractivity contribution in [1.29, 1.82) is 0 Å².